The second-order valence-electron chi connectivity index (χ2n) is 5.89. The molecule has 0 spiro atoms. The third-order valence-electron chi connectivity index (χ3n) is 3.85. The van der Waals surface area contributed by atoms with E-state index in [1.807, 2.05) is 43.3 Å². The normalized spacial score (nSPS) is 11.7. The first-order valence-electron chi connectivity index (χ1n) is 8.17. The van der Waals surface area contributed by atoms with Gasteiger partial charge in [0.15, 0.2) is 11.6 Å². The van der Waals surface area contributed by atoms with Crippen molar-refractivity contribution in [3.05, 3.63) is 81.4 Å². The van der Waals surface area contributed by atoms with E-state index in [0.29, 0.717) is 22.0 Å². The van der Waals surface area contributed by atoms with Crippen LogP contribution in [0.25, 0.3) is 0 Å². The molecule has 0 aliphatic heterocycles. The minimum absolute atomic E-state index is 0.190. The number of hydrogen-bond donors (Lipinski definition) is 2. The van der Waals surface area contributed by atoms with Crippen LogP contribution < -0.4 is 15.8 Å². The maximum Gasteiger partial charge on any atom is 0.255 e. The molecule has 27 heavy (non-hydrogen) atoms. The molecule has 3 rings (SSSR count). The van der Waals surface area contributed by atoms with Gasteiger partial charge in [-0.15, -0.1) is 0 Å². The van der Waals surface area contributed by atoms with Crippen LogP contribution in [0.1, 0.15) is 28.9 Å². The van der Waals surface area contributed by atoms with Crippen LogP contribution in [0, 0.1) is 0 Å². The van der Waals surface area contributed by atoms with Crippen molar-refractivity contribution in [2.45, 2.75) is 13.0 Å². The van der Waals surface area contributed by atoms with Crippen molar-refractivity contribution in [1.82, 2.24) is 4.98 Å². The quantitative estimate of drug-likeness (QED) is 0.544. The summed E-state index contributed by atoms with van der Waals surface area (Å²) >= 11 is 9.32. The highest BCUT2D eigenvalue weighted by Gasteiger charge is 2.13. The number of carbonyl (C=O) groups excluding carboxylic acids is 1. The van der Waals surface area contributed by atoms with Gasteiger partial charge >= 0.3 is 0 Å². The second-order valence-corrected chi connectivity index (χ2v) is 7.24. The molecule has 0 aliphatic rings. The molecule has 3 aromatic rings. The number of aromatic nitrogens is 1. The highest BCUT2D eigenvalue weighted by molar-refractivity contribution is 9.10. The number of hydrogen-bond acceptors (Lipinski definition) is 4. The third kappa shape index (κ3) is 4.99. The fourth-order valence-electron chi connectivity index (χ4n) is 2.49. The number of pyridine rings is 1. The van der Waals surface area contributed by atoms with Crippen LogP contribution in [0.5, 0.6) is 5.75 Å². The van der Waals surface area contributed by atoms with Gasteiger partial charge in [-0.05, 0) is 42.8 Å². The summed E-state index contributed by atoms with van der Waals surface area (Å²) < 4.78 is 6.73. The number of carbonyl (C=O) groups is 1. The summed E-state index contributed by atoms with van der Waals surface area (Å²) in [6.45, 7) is 1.88. The monoisotopic (exact) mass is 445 g/mol. The second kappa shape index (κ2) is 8.41. The van der Waals surface area contributed by atoms with E-state index in [1.54, 1.807) is 18.2 Å². The molecule has 0 fully saturated rings. The van der Waals surface area contributed by atoms with E-state index in [4.69, 9.17) is 22.1 Å². The van der Waals surface area contributed by atoms with Crippen molar-refractivity contribution in [2.24, 2.45) is 0 Å². The summed E-state index contributed by atoms with van der Waals surface area (Å²) in [4.78, 5) is 16.4. The van der Waals surface area contributed by atoms with Crippen LogP contribution >= 0.6 is 27.5 Å². The lowest BCUT2D eigenvalue weighted by Crippen LogP contribution is -2.12. The highest BCUT2D eigenvalue weighted by Crippen LogP contribution is 2.29. The predicted molar refractivity (Wildman–Crippen MR) is 111 cm³/mol. The fourth-order valence-corrected chi connectivity index (χ4v) is 3.03. The molecular weight excluding hydrogens is 430 g/mol. The van der Waals surface area contributed by atoms with Gasteiger partial charge in [-0.2, -0.15) is 0 Å². The number of rotatable bonds is 5. The topological polar surface area (TPSA) is 77.2 Å². The number of nitrogens with zero attached hydrogens (tertiary/aromatic N) is 1. The van der Waals surface area contributed by atoms with Gasteiger partial charge in [-0.25, -0.2) is 4.98 Å². The van der Waals surface area contributed by atoms with Gasteiger partial charge < -0.3 is 15.8 Å². The minimum atomic E-state index is -0.310. The largest absolute Gasteiger partial charge is 0.482 e. The maximum absolute atomic E-state index is 12.4. The van der Waals surface area contributed by atoms with Crippen LogP contribution in [-0.4, -0.2) is 10.9 Å². The lowest BCUT2D eigenvalue weighted by Gasteiger charge is -2.17. The van der Waals surface area contributed by atoms with E-state index < -0.39 is 0 Å². The molecule has 138 valence electrons. The van der Waals surface area contributed by atoms with Gasteiger partial charge in [0, 0.05) is 28.0 Å². The van der Waals surface area contributed by atoms with Gasteiger partial charge in [0.1, 0.15) is 6.10 Å². The zero-order valence-electron chi connectivity index (χ0n) is 14.4. The number of benzene rings is 2. The van der Waals surface area contributed by atoms with Crippen LogP contribution in [0.2, 0.25) is 5.02 Å². The van der Waals surface area contributed by atoms with E-state index in [-0.39, 0.29) is 17.8 Å². The Morgan fingerprint density at radius 3 is 2.78 bits per heavy atom. The summed E-state index contributed by atoms with van der Waals surface area (Å²) in [5, 5.41) is 3.34. The number of ether oxygens (including phenoxy) is 1. The predicted octanol–water partition coefficient (Wildman–Crippen LogP) is 5.47. The van der Waals surface area contributed by atoms with Crippen LogP contribution in [0.15, 0.2) is 65.3 Å². The molecule has 1 amide bonds. The first-order valence-corrected chi connectivity index (χ1v) is 9.34. The van der Waals surface area contributed by atoms with Gasteiger partial charge in [-0.3, -0.25) is 4.79 Å². The SMILES string of the molecule is C[C@H](Oc1cc(Cl)cnc1N)c1cccc(NC(=O)c2cccc(Br)c2)c1. The van der Waals surface area contributed by atoms with Crippen molar-refractivity contribution >= 4 is 44.9 Å². The zero-order chi connectivity index (χ0) is 19.4. The molecule has 1 heterocycles. The fraction of sp³-hybridized carbons (Fsp3) is 0.100. The standard InChI is InChI=1S/C20H17BrClN3O2/c1-12(27-18-10-16(22)11-24-19(18)23)13-4-3-7-17(9-13)25-20(26)14-5-2-6-15(21)8-14/h2-12H,1H3,(H2,23,24)(H,25,26)/t12-/m0/s1. The molecule has 2 aromatic carbocycles. The van der Waals surface area contributed by atoms with Gasteiger partial charge in [-0.1, -0.05) is 45.7 Å². The van der Waals surface area contributed by atoms with E-state index in [2.05, 4.69) is 26.2 Å². The summed E-state index contributed by atoms with van der Waals surface area (Å²) in [6.07, 6.45) is 1.15. The average molecular weight is 447 g/mol. The van der Waals surface area contributed by atoms with Gasteiger partial charge in [0.25, 0.3) is 5.91 Å². The molecule has 0 saturated heterocycles. The van der Waals surface area contributed by atoms with E-state index in [9.17, 15) is 4.79 Å². The van der Waals surface area contributed by atoms with Crippen LogP contribution in [0.3, 0.4) is 0 Å². The number of nitrogen functional groups attached to an aromatic ring is 1. The summed E-state index contributed by atoms with van der Waals surface area (Å²) in [5.74, 6) is 0.495. The summed E-state index contributed by atoms with van der Waals surface area (Å²) in [5.41, 5.74) is 7.95. The Labute approximate surface area is 170 Å². The summed E-state index contributed by atoms with van der Waals surface area (Å²) in [7, 11) is 0. The maximum atomic E-state index is 12.4. The Bertz CT molecular complexity index is 981. The molecule has 0 saturated carbocycles. The Morgan fingerprint density at radius 2 is 2.00 bits per heavy atom. The molecule has 0 bridgehead atoms. The molecule has 5 nitrogen and oxygen atoms in total. The highest BCUT2D eigenvalue weighted by atomic mass is 79.9. The van der Waals surface area contributed by atoms with Crippen molar-refractivity contribution in [1.29, 1.82) is 0 Å². The first kappa shape index (κ1) is 19.2. The minimum Gasteiger partial charge on any atom is -0.482 e. The summed E-state index contributed by atoms with van der Waals surface area (Å²) in [6, 6.07) is 16.3. The molecule has 0 radical (unpaired) electrons. The number of amides is 1. The van der Waals surface area contributed by atoms with Crippen LogP contribution in [-0.2, 0) is 0 Å². The van der Waals surface area contributed by atoms with Crippen LogP contribution in [0.4, 0.5) is 11.5 Å². The van der Waals surface area contributed by atoms with Gasteiger partial charge in [0.05, 0.1) is 5.02 Å². The number of nitrogens with one attached hydrogen (secondary N) is 1. The number of halogens is 2. The molecule has 1 atom stereocenters. The van der Waals surface area contributed by atoms with Crippen molar-refractivity contribution < 1.29 is 9.53 Å². The molecule has 0 unspecified atom stereocenters. The van der Waals surface area contributed by atoms with Gasteiger partial charge in [0.2, 0.25) is 0 Å². The Kier molecular flexibility index (Phi) is 5.98. The first-order chi connectivity index (χ1) is 12.9. The molecular formula is C20H17BrClN3O2. The molecule has 3 N–H and O–H groups in total. The van der Waals surface area contributed by atoms with E-state index in [1.165, 1.54) is 6.20 Å². The van der Waals surface area contributed by atoms with E-state index >= 15 is 0 Å². The Morgan fingerprint density at radius 1 is 1.22 bits per heavy atom. The Balaban J connectivity index is 1.74. The van der Waals surface area contributed by atoms with Crippen molar-refractivity contribution in [3.63, 3.8) is 0 Å². The molecule has 0 aliphatic carbocycles. The lowest BCUT2D eigenvalue weighted by atomic mass is 10.1. The zero-order valence-corrected chi connectivity index (χ0v) is 16.8. The molecule has 1 aromatic heterocycles. The number of nitrogens with two attached hydrogens (primary N) is 1. The Hall–Kier alpha value is -2.57. The molecule has 7 heteroatoms. The number of anilines is 2. The smallest absolute Gasteiger partial charge is 0.255 e. The lowest BCUT2D eigenvalue weighted by molar-refractivity contribution is 0.102. The third-order valence-corrected chi connectivity index (χ3v) is 4.55. The van der Waals surface area contributed by atoms with Crippen molar-refractivity contribution in [3.8, 4) is 5.75 Å². The average Bonchev–Trinajstić information content (AvgIpc) is 2.65. The van der Waals surface area contributed by atoms with E-state index in [0.717, 1.165) is 10.0 Å². The van der Waals surface area contributed by atoms with Crippen molar-refractivity contribution in [2.75, 3.05) is 11.1 Å².